The van der Waals surface area contributed by atoms with E-state index in [2.05, 4.69) is 5.32 Å². The molecule has 2 atom stereocenters. The highest BCUT2D eigenvalue weighted by molar-refractivity contribution is 6.35. The van der Waals surface area contributed by atoms with Crippen LogP contribution in [0.25, 0.3) is 0 Å². The van der Waals surface area contributed by atoms with E-state index in [1.807, 2.05) is 24.3 Å². The molecule has 1 aliphatic heterocycles. The van der Waals surface area contributed by atoms with Gasteiger partial charge in [-0.2, -0.15) is 0 Å². The summed E-state index contributed by atoms with van der Waals surface area (Å²) in [7, 11) is 1.33. The molecule has 0 aromatic heterocycles. The van der Waals surface area contributed by atoms with Crippen molar-refractivity contribution in [3.8, 4) is 0 Å². The van der Waals surface area contributed by atoms with Gasteiger partial charge in [0.2, 0.25) is 5.91 Å². The zero-order chi connectivity index (χ0) is 21.1. The minimum Gasteiger partial charge on any atom is -0.467 e. The first-order chi connectivity index (χ1) is 13.9. The molecule has 1 aliphatic rings. The number of carbonyl (C=O) groups excluding carboxylic acids is 2. The van der Waals surface area contributed by atoms with E-state index in [0.717, 1.165) is 11.1 Å². The highest BCUT2D eigenvalue weighted by atomic mass is 35.5. The van der Waals surface area contributed by atoms with Gasteiger partial charge in [-0.15, -0.1) is 0 Å². The molecule has 1 amide bonds. The second-order valence-corrected chi connectivity index (χ2v) is 7.65. The Hall–Kier alpha value is -2.28. The molecule has 0 spiro atoms. The normalized spacial score (nSPS) is 17.8. The summed E-state index contributed by atoms with van der Waals surface area (Å²) in [6.07, 6.45) is 0.609. The predicted molar refractivity (Wildman–Crippen MR) is 115 cm³/mol. The second-order valence-electron chi connectivity index (χ2n) is 6.81. The monoisotopic (exact) mass is 435 g/mol. The first kappa shape index (κ1) is 21.4. The van der Waals surface area contributed by atoms with Crippen LogP contribution >= 0.6 is 23.2 Å². The summed E-state index contributed by atoms with van der Waals surface area (Å²) in [5, 5.41) is 4.01. The van der Waals surface area contributed by atoms with Crippen LogP contribution in [0.1, 0.15) is 36.9 Å². The van der Waals surface area contributed by atoms with E-state index in [1.165, 1.54) is 7.11 Å². The smallest absolute Gasteiger partial charge is 0.328 e. The zero-order valence-electron chi connectivity index (χ0n) is 16.2. The number of carbonyl (C=O) groups is 2. The van der Waals surface area contributed by atoms with E-state index in [4.69, 9.17) is 33.7 Å². The average Bonchev–Trinajstić information content (AvgIpc) is 2.72. The summed E-state index contributed by atoms with van der Waals surface area (Å²) in [4.78, 5) is 27.0. The van der Waals surface area contributed by atoms with Gasteiger partial charge in [0.05, 0.1) is 13.2 Å². The lowest BCUT2D eigenvalue weighted by molar-refractivity contribution is -0.142. The molecule has 0 bridgehead atoms. The SMILES string of the molecule is CCC(=O)N(c1ccc(CN)cc1)C1CC(C(=O)OC)Nc2cc(Cl)cc(Cl)c21. The molecule has 6 nitrogen and oxygen atoms in total. The Labute approximate surface area is 179 Å². The fourth-order valence-corrected chi connectivity index (χ4v) is 4.24. The molecule has 154 valence electrons. The molecule has 0 fully saturated rings. The van der Waals surface area contributed by atoms with Crippen LogP contribution in [0.5, 0.6) is 0 Å². The number of amides is 1. The van der Waals surface area contributed by atoms with E-state index in [9.17, 15) is 9.59 Å². The van der Waals surface area contributed by atoms with Gasteiger partial charge < -0.3 is 20.7 Å². The molecule has 0 saturated carbocycles. The minimum absolute atomic E-state index is 0.0852. The number of nitrogens with one attached hydrogen (secondary N) is 1. The van der Waals surface area contributed by atoms with Gasteiger partial charge in [-0.3, -0.25) is 4.79 Å². The third kappa shape index (κ3) is 4.34. The van der Waals surface area contributed by atoms with Gasteiger partial charge >= 0.3 is 5.97 Å². The largest absolute Gasteiger partial charge is 0.467 e. The molecular formula is C21H23Cl2N3O3. The van der Waals surface area contributed by atoms with E-state index < -0.39 is 18.1 Å². The number of nitrogens with zero attached hydrogens (tertiary/aromatic N) is 1. The molecule has 29 heavy (non-hydrogen) atoms. The lowest BCUT2D eigenvalue weighted by Gasteiger charge is -2.39. The van der Waals surface area contributed by atoms with E-state index in [-0.39, 0.29) is 5.91 Å². The number of esters is 1. The van der Waals surface area contributed by atoms with Gasteiger partial charge in [-0.1, -0.05) is 42.3 Å². The number of hydrogen-bond acceptors (Lipinski definition) is 5. The van der Waals surface area contributed by atoms with E-state index in [0.29, 0.717) is 40.8 Å². The van der Waals surface area contributed by atoms with Crippen molar-refractivity contribution in [3.63, 3.8) is 0 Å². The van der Waals surface area contributed by atoms with Crippen LogP contribution in [0.3, 0.4) is 0 Å². The average molecular weight is 436 g/mol. The van der Waals surface area contributed by atoms with Gasteiger partial charge in [-0.05, 0) is 29.8 Å². The number of fused-ring (bicyclic) bond motifs is 1. The second kappa shape index (κ2) is 9.03. The fourth-order valence-electron chi connectivity index (χ4n) is 3.62. The minimum atomic E-state index is -0.637. The molecule has 0 aliphatic carbocycles. The van der Waals surface area contributed by atoms with Crippen molar-refractivity contribution >= 4 is 46.5 Å². The molecule has 0 radical (unpaired) electrons. The predicted octanol–water partition coefficient (Wildman–Crippen LogP) is 4.29. The topological polar surface area (TPSA) is 84.7 Å². The number of methoxy groups -OCH3 is 1. The van der Waals surface area contributed by atoms with Crippen molar-refractivity contribution in [1.82, 2.24) is 0 Å². The maximum absolute atomic E-state index is 13.0. The van der Waals surface area contributed by atoms with Crippen LogP contribution in [0.15, 0.2) is 36.4 Å². The van der Waals surface area contributed by atoms with Crippen molar-refractivity contribution < 1.29 is 14.3 Å². The summed E-state index contributed by atoms with van der Waals surface area (Å²) in [5.74, 6) is -0.503. The van der Waals surface area contributed by atoms with Crippen LogP contribution in [0.2, 0.25) is 10.0 Å². The number of rotatable bonds is 5. The van der Waals surface area contributed by atoms with Gasteiger partial charge in [-0.25, -0.2) is 4.79 Å². The van der Waals surface area contributed by atoms with Crippen LogP contribution in [0.4, 0.5) is 11.4 Å². The lowest BCUT2D eigenvalue weighted by atomic mass is 9.90. The van der Waals surface area contributed by atoms with Crippen LogP contribution in [0, 0.1) is 0 Å². The first-order valence-electron chi connectivity index (χ1n) is 9.34. The summed E-state index contributed by atoms with van der Waals surface area (Å²) < 4.78 is 4.93. The van der Waals surface area contributed by atoms with Crippen molar-refractivity contribution in [3.05, 3.63) is 57.6 Å². The summed E-state index contributed by atoms with van der Waals surface area (Å²) >= 11 is 12.7. The van der Waals surface area contributed by atoms with E-state index in [1.54, 1.807) is 24.0 Å². The van der Waals surface area contributed by atoms with Gasteiger partial charge in [0.15, 0.2) is 0 Å². The molecule has 8 heteroatoms. The Balaban J connectivity index is 2.14. The molecule has 1 heterocycles. The van der Waals surface area contributed by atoms with Crippen molar-refractivity contribution in [2.75, 3.05) is 17.3 Å². The first-order valence-corrected chi connectivity index (χ1v) is 10.1. The number of ether oxygens (including phenoxy) is 1. The summed E-state index contributed by atoms with van der Waals surface area (Å²) in [5.41, 5.74) is 8.70. The third-order valence-corrected chi connectivity index (χ3v) is 5.57. The van der Waals surface area contributed by atoms with Gasteiger partial charge in [0, 0.05) is 46.4 Å². The van der Waals surface area contributed by atoms with Gasteiger partial charge in [0.1, 0.15) is 6.04 Å². The fraction of sp³-hybridized carbons (Fsp3) is 0.333. The van der Waals surface area contributed by atoms with Crippen molar-refractivity contribution in [2.45, 2.75) is 38.4 Å². The van der Waals surface area contributed by atoms with Crippen LogP contribution in [-0.2, 0) is 20.9 Å². The molecular weight excluding hydrogens is 413 g/mol. The third-order valence-electron chi connectivity index (χ3n) is 5.03. The highest BCUT2D eigenvalue weighted by Crippen LogP contribution is 2.44. The number of benzene rings is 2. The molecule has 2 unspecified atom stereocenters. The summed E-state index contributed by atoms with van der Waals surface area (Å²) in [6.45, 7) is 2.21. The zero-order valence-corrected chi connectivity index (χ0v) is 17.8. The Morgan fingerprint density at radius 3 is 2.52 bits per heavy atom. The lowest BCUT2D eigenvalue weighted by Crippen LogP contribution is -2.44. The van der Waals surface area contributed by atoms with E-state index >= 15 is 0 Å². The summed E-state index contributed by atoms with van der Waals surface area (Å²) in [6, 6.07) is 9.73. The number of halogens is 2. The van der Waals surface area contributed by atoms with Gasteiger partial charge in [0.25, 0.3) is 0 Å². The number of hydrogen-bond donors (Lipinski definition) is 2. The Bertz CT molecular complexity index is 918. The van der Waals surface area contributed by atoms with Crippen molar-refractivity contribution in [1.29, 1.82) is 0 Å². The Morgan fingerprint density at radius 2 is 1.93 bits per heavy atom. The Kier molecular flexibility index (Phi) is 6.67. The quantitative estimate of drug-likeness (QED) is 0.683. The maximum atomic E-state index is 13.0. The van der Waals surface area contributed by atoms with Crippen LogP contribution in [-0.4, -0.2) is 25.0 Å². The van der Waals surface area contributed by atoms with Crippen LogP contribution < -0.4 is 16.0 Å². The Morgan fingerprint density at radius 1 is 1.24 bits per heavy atom. The molecule has 2 aromatic rings. The number of nitrogens with two attached hydrogens (primary N) is 1. The molecule has 0 saturated heterocycles. The molecule has 2 aromatic carbocycles. The van der Waals surface area contributed by atoms with Crippen molar-refractivity contribution in [2.24, 2.45) is 5.73 Å². The molecule has 3 N–H and O–H groups in total. The standard InChI is InChI=1S/C21H23Cl2N3O3/c1-3-19(27)26(14-6-4-12(11-24)5-7-14)18-10-17(21(28)29-2)25-16-9-13(22)8-15(23)20(16)18/h4-9,17-18,25H,3,10-11,24H2,1-2H3. The maximum Gasteiger partial charge on any atom is 0.328 e. The highest BCUT2D eigenvalue weighted by Gasteiger charge is 2.38. The number of anilines is 2. The molecule has 3 rings (SSSR count).